The van der Waals surface area contributed by atoms with Crippen LogP contribution in [0.15, 0.2) is 23.0 Å². The lowest BCUT2D eigenvalue weighted by Gasteiger charge is -2.18. The molecule has 1 aromatic carbocycles. The van der Waals surface area contributed by atoms with Crippen LogP contribution in [0.5, 0.6) is 0 Å². The molecule has 2 aromatic rings. The van der Waals surface area contributed by atoms with Crippen molar-refractivity contribution < 1.29 is 4.79 Å². The van der Waals surface area contributed by atoms with Crippen molar-refractivity contribution in [1.29, 1.82) is 0 Å². The van der Waals surface area contributed by atoms with Gasteiger partial charge in [-0.15, -0.1) is 0 Å². The molecule has 0 aliphatic heterocycles. The lowest BCUT2D eigenvalue weighted by Crippen LogP contribution is -2.40. The van der Waals surface area contributed by atoms with E-state index in [4.69, 9.17) is 0 Å². The summed E-state index contributed by atoms with van der Waals surface area (Å²) < 4.78 is 0. The summed E-state index contributed by atoms with van der Waals surface area (Å²) in [6.45, 7) is 11.0. The van der Waals surface area contributed by atoms with E-state index >= 15 is 0 Å². The summed E-state index contributed by atoms with van der Waals surface area (Å²) in [5, 5.41) is 6.51. The van der Waals surface area contributed by atoms with Crippen LogP contribution in [0.4, 0.5) is 4.79 Å². The monoisotopic (exact) mass is 315 g/mol. The Morgan fingerprint density at radius 1 is 1.09 bits per heavy atom. The summed E-state index contributed by atoms with van der Waals surface area (Å²) >= 11 is 0. The Bertz CT molecular complexity index is 785. The molecule has 23 heavy (non-hydrogen) atoms. The van der Waals surface area contributed by atoms with Gasteiger partial charge in [0.15, 0.2) is 0 Å². The number of amides is 2. The molecule has 0 atom stereocenters. The second kappa shape index (κ2) is 6.44. The lowest BCUT2D eigenvalue weighted by molar-refractivity contribution is 0.235. The Balaban J connectivity index is 2.11. The minimum Gasteiger partial charge on any atom is -0.338 e. The zero-order valence-corrected chi connectivity index (χ0v) is 14.5. The van der Waals surface area contributed by atoms with E-state index in [1.807, 2.05) is 52.8 Å². The number of rotatable bonds is 3. The first-order chi connectivity index (χ1) is 10.7. The van der Waals surface area contributed by atoms with E-state index in [9.17, 15) is 9.59 Å². The largest absolute Gasteiger partial charge is 0.338 e. The van der Waals surface area contributed by atoms with Crippen LogP contribution in [0.3, 0.4) is 0 Å². The van der Waals surface area contributed by atoms with Crippen molar-refractivity contribution in [3.63, 3.8) is 0 Å². The van der Waals surface area contributed by atoms with E-state index in [0.29, 0.717) is 12.1 Å². The van der Waals surface area contributed by atoms with Gasteiger partial charge in [0.25, 0.3) is 5.56 Å². The third-order valence-electron chi connectivity index (χ3n) is 3.75. The predicted molar refractivity (Wildman–Crippen MR) is 93.7 cm³/mol. The van der Waals surface area contributed by atoms with Gasteiger partial charge in [0.1, 0.15) is 0 Å². The summed E-state index contributed by atoms with van der Waals surface area (Å²) in [6, 6.07) is 5.59. The highest BCUT2D eigenvalue weighted by Crippen LogP contribution is 2.17. The van der Waals surface area contributed by atoms with Crippen molar-refractivity contribution in [1.82, 2.24) is 15.6 Å². The van der Waals surface area contributed by atoms with Crippen molar-refractivity contribution in [2.24, 2.45) is 5.41 Å². The fraction of sp³-hybridized carbons (Fsp3) is 0.444. The van der Waals surface area contributed by atoms with Gasteiger partial charge in [0.05, 0.1) is 0 Å². The first-order valence-corrected chi connectivity index (χ1v) is 7.80. The number of carbonyl (C=O) groups is 1. The number of hydrogen-bond acceptors (Lipinski definition) is 2. The van der Waals surface area contributed by atoms with Gasteiger partial charge in [-0.25, -0.2) is 4.79 Å². The molecule has 2 amide bonds. The summed E-state index contributed by atoms with van der Waals surface area (Å²) in [5.41, 5.74) is 3.53. The Labute approximate surface area is 136 Å². The molecule has 0 aliphatic rings. The highest BCUT2D eigenvalue weighted by atomic mass is 16.2. The highest BCUT2D eigenvalue weighted by Gasteiger charge is 2.12. The van der Waals surface area contributed by atoms with Gasteiger partial charge in [-0.3, -0.25) is 4.79 Å². The van der Waals surface area contributed by atoms with E-state index in [2.05, 4.69) is 15.6 Å². The number of aromatic nitrogens is 1. The zero-order valence-electron chi connectivity index (χ0n) is 14.5. The van der Waals surface area contributed by atoms with Gasteiger partial charge in [-0.2, -0.15) is 0 Å². The molecule has 0 fully saturated rings. The standard InChI is InChI=1S/C18H25N3O2/c1-11-6-13-8-14(16(22)21-15(13)7-12(11)2)9-19-17(23)20-10-18(3,4)5/h6-8H,9-10H2,1-5H3,(H,21,22)(H2,19,20,23). The lowest BCUT2D eigenvalue weighted by atomic mass is 9.97. The third-order valence-corrected chi connectivity index (χ3v) is 3.75. The van der Waals surface area contributed by atoms with E-state index < -0.39 is 0 Å². The van der Waals surface area contributed by atoms with Gasteiger partial charge < -0.3 is 15.6 Å². The molecule has 3 N–H and O–H groups in total. The van der Waals surface area contributed by atoms with Crippen LogP contribution in [0, 0.1) is 19.3 Å². The van der Waals surface area contributed by atoms with E-state index in [1.54, 1.807) is 0 Å². The zero-order chi connectivity index (χ0) is 17.2. The van der Waals surface area contributed by atoms with Crippen molar-refractivity contribution in [3.05, 3.63) is 45.2 Å². The van der Waals surface area contributed by atoms with Gasteiger partial charge in [0, 0.05) is 24.2 Å². The van der Waals surface area contributed by atoms with Crippen LogP contribution in [-0.4, -0.2) is 17.6 Å². The fourth-order valence-electron chi connectivity index (χ4n) is 2.24. The summed E-state index contributed by atoms with van der Waals surface area (Å²) in [4.78, 5) is 26.8. The Hall–Kier alpha value is -2.30. The molecule has 5 nitrogen and oxygen atoms in total. The predicted octanol–water partition coefficient (Wildman–Crippen LogP) is 2.99. The first kappa shape index (κ1) is 17.1. The van der Waals surface area contributed by atoms with Crippen LogP contribution in [-0.2, 0) is 6.54 Å². The molecule has 1 aromatic heterocycles. The molecule has 0 radical (unpaired) electrons. The number of urea groups is 1. The number of fused-ring (bicyclic) bond motifs is 1. The Kier molecular flexibility index (Phi) is 4.78. The van der Waals surface area contributed by atoms with Crippen molar-refractivity contribution in [2.75, 3.05) is 6.54 Å². The molecule has 0 spiro atoms. The molecular formula is C18H25N3O2. The second-order valence-electron chi connectivity index (χ2n) is 7.24. The Morgan fingerprint density at radius 2 is 1.74 bits per heavy atom. The van der Waals surface area contributed by atoms with Crippen LogP contribution in [0.1, 0.15) is 37.5 Å². The molecule has 0 unspecified atom stereocenters. The van der Waals surface area contributed by atoms with Gasteiger partial charge in [-0.05, 0) is 54.0 Å². The molecule has 0 aliphatic carbocycles. The number of carbonyl (C=O) groups excluding carboxylic acids is 1. The average Bonchev–Trinajstić information content (AvgIpc) is 2.44. The molecule has 2 rings (SSSR count). The van der Waals surface area contributed by atoms with Crippen LogP contribution in [0.2, 0.25) is 0 Å². The second-order valence-corrected chi connectivity index (χ2v) is 7.24. The smallest absolute Gasteiger partial charge is 0.315 e. The molecule has 124 valence electrons. The summed E-state index contributed by atoms with van der Waals surface area (Å²) in [6.07, 6.45) is 0. The summed E-state index contributed by atoms with van der Waals surface area (Å²) in [5.74, 6) is 0. The van der Waals surface area contributed by atoms with Crippen LogP contribution >= 0.6 is 0 Å². The number of benzene rings is 1. The van der Waals surface area contributed by atoms with Gasteiger partial charge >= 0.3 is 6.03 Å². The van der Waals surface area contributed by atoms with Gasteiger partial charge in [0.2, 0.25) is 0 Å². The minimum absolute atomic E-state index is 0.0210. The van der Waals surface area contributed by atoms with Crippen molar-refractivity contribution in [2.45, 2.75) is 41.2 Å². The molecule has 1 heterocycles. The molecular weight excluding hydrogens is 290 g/mol. The van der Waals surface area contributed by atoms with E-state index in [0.717, 1.165) is 16.5 Å². The quantitative estimate of drug-likeness (QED) is 0.814. The maximum Gasteiger partial charge on any atom is 0.315 e. The normalized spacial score (nSPS) is 11.5. The summed E-state index contributed by atoms with van der Waals surface area (Å²) in [7, 11) is 0. The number of hydrogen-bond donors (Lipinski definition) is 3. The van der Waals surface area contributed by atoms with Crippen LogP contribution in [0.25, 0.3) is 10.9 Å². The minimum atomic E-state index is -0.264. The Morgan fingerprint density at radius 3 is 2.39 bits per heavy atom. The van der Waals surface area contributed by atoms with Gasteiger partial charge in [-0.1, -0.05) is 20.8 Å². The number of aromatic amines is 1. The number of pyridine rings is 1. The number of nitrogens with one attached hydrogen (secondary N) is 3. The first-order valence-electron chi connectivity index (χ1n) is 7.80. The molecule has 5 heteroatoms. The maximum atomic E-state index is 12.1. The average molecular weight is 315 g/mol. The molecule has 0 saturated heterocycles. The molecule has 0 bridgehead atoms. The van der Waals surface area contributed by atoms with Crippen molar-refractivity contribution in [3.8, 4) is 0 Å². The maximum absolute atomic E-state index is 12.1. The number of H-pyrrole nitrogens is 1. The third kappa shape index (κ3) is 4.58. The SMILES string of the molecule is Cc1cc2cc(CNC(=O)NCC(C)(C)C)c(=O)[nH]c2cc1C. The van der Waals surface area contributed by atoms with Crippen LogP contribution < -0.4 is 16.2 Å². The topological polar surface area (TPSA) is 74.0 Å². The van der Waals surface area contributed by atoms with E-state index in [1.165, 1.54) is 5.56 Å². The number of aryl methyl sites for hydroxylation is 2. The fourth-order valence-corrected chi connectivity index (χ4v) is 2.24. The molecule has 0 saturated carbocycles. The van der Waals surface area contributed by atoms with Crippen molar-refractivity contribution >= 4 is 16.9 Å². The highest BCUT2D eigenvalue weighted by molar-refractivity contribution is 5.81. The van der Waals surface area contributed by atoms with E-state index in [-0.39, 0.29) is 23.6 Å².